The third-order valence-electron chi connectivity index (χ3n) is 2.10. The zero-order valence-corrected chi connectivity index (χ0v) is 10.1. The number of anilines is 1. The van der Waals surface area contributed by atoms with Crippen LogP contribution in [0.5, 0.6) is 0 Å². The molecular weight excluding hydrogens is 264 g/mol. The van der Waals surface area contributed by atoms with E-state index in [9.17, 15) is 17.2 Å². The van der Waals surface area contributed by atoms with Gasteiger partial charge in [0.05, 0.1) is 4.90 Å². The van der Waals surface area contributed by atoms with Crippen molar-refractivity contribution in [1.82, 2.24) is 9.78 Å². The summed E-state index contributed by atoms with van der Waals surface area (Å²) < 4.78 is 53.1. The molecule has 1 aromatic carbocycles. The Morgan fingerprint density at radius 3 is 2.33 bits per heavy atom. The second kappa shape index (κ2) is 4.37. The lowest BCUT2D eigenvalue weighted by atomic mass is 10.3. The van der Waals surface area contributed by atoms with Crippen LogP contribution in [0.1, 0.15) is 0 Å². The van der Waals surface area contributed by atoms with E-state index in [0.29, 0.717) is 6.07 Å². The quantitative estimate of drug-likeness (QED) is 0.921. The molecule has 18 heavy (non-hydrogen) atoms. The van der Waals surface area contributed by atoms with E-state index in [1.54, 1.807) is 7.05 Å². The Labute approximate surface area is 102 Å². The Hall–Kier alpha value is -1.96. The molecule has 0 saturated carbocycles. The zero-order chi connectivity index (χ0) is 13.3. The van der Waals surface area contributed by atoms with Gasteiger partial charge in [-0.05, 0) is 12.1 Å². The Morgan fingerprint density at radius 1 is 1.22 bits per heavy atom. The Morgan fingerprint density at radius 2 is 1.83 bits per heavy atom. The standard InChI is InChI=1S/C10H9F2N3O2S/c1-15-3-2-10(13-15)14-18(16,17)9-5-7(11)4-8(12)6-9/h2-6H,1H3,(H,13,14). The number of hydrogen-bond acceptors (Lipinski definition) is 3. The lowest BCUT2D eigenvalue weighted by molar-refractivity contribution is 0.568. The van der Waals surface area contributed by atoms with E-state index in [4.69, 9.17) is 0 Å². The first kappa shape index (κ1) is 12.5. The first-order valence-electron chi connectivity index (χ1n) is 4.85. The number of nitrogens with zero attached hydrogens (tertiary/aromatic N) is 2. The van der Waals surface area contributed by atoms with Gasteiger partial charge in [0.15, 0.2) is 5.82 Å². The maximum absolute atomic E-state index is 12.9. The van der Waals surface area contributed by atoms with Crippen LogP contribution in [0.3, 0.4) is 0 Å². The van der Waals surface area contributed by atoms with Gasteiger partial charge < -0.3 is 0 Å². The fraction of sp³-hybridized carbons (Fsp3) is 0.100. The molecule has 0 unspecified atom stereocenters. The third-order valence-corrected chi connectivity index (χ3v) is 3.43. The average Bonchev–Trinajstić information content (AvgIpc) is 2.61. The van der Waals surface area contributed by atoms with Gasteiger partial charge in [-0.2, -0.15) is 5.10 Å². The van der Waals surface area contributed by atoms with Crippen molar-refractivity contribution in [2.75, 3.05) is 4.72 Å². The highest BCUT2D eigenvalue weighted by Crippen LogP contribution is 2.16. The summed E-state index contributed by atoms with van der Waals surface area (Å²) in [7, 11) is -2.44. The Bertz CT molecular complexity index is 662. The van der Waals surface area contributed by atoms with Gasteiger partial charge in [-0.25, -0.2) is 17.2 Å². The molecule has 0 fully saturated rings. The number of halogens is 2. The van der Waals surface area contributed by atoms with Gasteiger partial charge in [0.25, 0.3) is 10.0 Å². The number of aryl methyl sites for hydroxylation is 1. The number of rotatable bonds is 3. The van der Waals surface area contributed by atoms with Crippen LogP contribution in [0.4, 0.5) is 14.6 Å². The van der Waals surface area contributed by atoms with E-state index in [1.165, 1.54) is 16.9 Å². The second-order valence-electron chi connectivity index (χ2n) is 3.59. The maximum Gasteiger partial charge on any atom is 0.263 e. The maximum atomic E-state index is 12.9. The van der Waals surface area contributed by atoms with Crippen LogP contribution in [-0.2, 0) is 17.1 Å². The second-order valence-corrected chi connectivity index (χ2v) is 5.27. The molecule has 1 N–H and O–H groups in total. The number of benzene rings is 1. The summed E-state index contributed by atoms with van der Waals surface area (Å²) in [5.41, 5.74) is 0. The van der Waals surface area contributed by atoms with Crippen molar-refractivity contribution in [1.29, 1.82) is 0 Å². The fourth-order valence-electron chi connectivity index (χ4n) is 1.35. The average molecular weight is 273 g/mol. The highest BCUT2D eigenvalue weighted by atomic mass is 32.2. The van der Waals surface area contributed by atoms with E-state index < -0.39 is 26.6 Å². The van der Waals surface area contributed by atoms with Crippen LogP contribution in [0, 0.1) is 11.6 Å². The Kier molecular flexibility index (Phi) is 3.04. The van der Waals surface area contributed by atoms with Gasteiger partial charge in [0.1, 0.15) is 11.6 Å². The van der Waals surface area contributed by atoms with Crippen LogP contribution in [-0.4, -0.2) is 18.2 Å². The van der Waals surface area contributed by atoms with E-state index in [2.05, 4.69) is 9.82 Å². The zero-order valence-electron chi connectivity index (χ0n) is 9.26. The molecule has 0 bridgehead atoms. The topological polar surface area (TPSA) is 64.0 Å². The fourth-order valence-corrected chi connectivity index (χ4v) is 2.39. The SMILES string of the molecule is Cn1ccc(NS(=O)(=O)c2cc(F)cc(F)c2)n1. The van der Waals surface area contributed by atoms with E-state index in [-0.39, 0.29) is 5.82 Å². The highest BCUT2D eigenvalue weighted by Gasteiger charge is 2.17. The monoisotopic (exact) mass is 273 g/mol. The van der Waals surface area contributed by atoms with Crippen molar-refractivity contribution in [3.05, 3.63) is 42.1 Å². The first-order valence-corrected chi connectivity index (χ1v) is 6.34. The van der Waals surface area contributed by atoms with Crippen LogP contribution in [0.2, 0.25) is 0 Å². The lowest BCUT2D eigenvalue weighted by Crippen LogP contribution is -2.14. The van der Waals surface area contributed by atoms with E-state index in [0.717, 1.165) is 12.1 Å². The number of aromatic nitrogens is 2. The molecule has 0 aliphatic carbocycles. The van der Waals surface area contributed by atoms with Crippen LogP contribution in [0.15, 0.2) is 35.4 Å². The van der Waals surface area contributed by atoms with Gasteiger partial charge in [0.2, 0.25) is 0 Å². The van der Waals surface area contributed by atoms with Crippen LogP contribution in [0.25, 0.3) is 0 Å². The van der Waals surface area contributed by atoms with Crippen molar-refractivity contribution in [3.63, 3.8) is 0 Å². The molecule has 2 aromatic rings. The minimum Gasteiger partial charge on any atom is -0.274 e. The van der Waals surface area contributed by atoms with Crippen molar-refractivity contribution in [2.24, 2.45) is 7.05 Å². The summed E-state index contributed by atoms with van der Waals surface area (Å²) >= 11 is 0. The molecule has 0 aliphatic heterocycles. The minimum absolute atomic E-state index is 0.0715. The van der Waals surface area contributed by atoms with Crippen molar-refractivity contribution >= 4 is 15.8 Å². The summed E-state index contributed by atoms with van der Waals surface area (Å²) in [4.78, 5) is -0.495. The number of nitrogens with one attached hydrogen (secondary N) is 1. The molecule has 0 atom stereocenters. The van der Waals surface area contributed by atoms with Gasteiger partial charge in [0, 0.05) is 25.4 Å². The Balaban J connectivity index is 2.36. The van der Waals surface area contributed by atoms with Gasteiger partial charge >= 0.3 is 0 Å². The summed E-state index contributed by atoms with van der Waals surface area (Å²) in [5.74, 6) is -1.85. The molecular formula is C10H9F2N3O2S. The largest absolute Gasteiger partial charge is 0.274 e. The molecule has 8 heteroatoms. The van der Waals surface area contributed by atoms with Gasteiger partial charge in [-0.15, -0.1) is 0 Å². The van der Waals surface area contributed by atoms with Crippen molar-refractivity contribution < 1.29 is 17.2 Å². The van der Waals surface area contributed by atoms with Crippen LogP contribution >= 0.6 is 0 Å². The highest BCUT2D eigenvalue weighted by molar-refractivity contribution is 7.92. The van der Waals surface area contributed by atoms with Gasteiger partial charge in [-0.1, -0.05) is 0 Å². The normalized spacial score (nSPS) is 11.5. The molecule has 1 aromatic heterocycles. The van der Waals surface area contributed by atoms with Crippen molar-refractivity contribution in [2.45, 2.75) is 4.90 Å². The molecule has 0 radical (unpaired) electrons. The molecule has 5 nitrogen and oxygen atoms in total. The number of sulfonamides is 1. The molecule has 2 rings (SSSR count). The summed E-state index contributed by atoms with van der Waals surface area (Å²) in [6.45, 7) is 0. The number of hydrogen-bond donors (Lipinski definition) is 1. The molecule has 1 heterocycles. The molecule has 0 amide bonds. The lowest BCUT2D eigenvalue weighted by Gasteiger charge is -2.05. The van der Waals surface area contributed by atoms with Gasteiger partial charge in [-0.3, -0.25) is 9.40 Å². The first-order chi connectivity index (χ1) is 8.37. The van der Waals surface area contributed by atoms with Crippen molar-refractivity contribution in [3.8, 4) is 0 Å². The predicted molar refractivity (Wildman–Crippen MR) is 60.4 cm³/mol. The smallest absolute Gasteiger partial charge is 0.263 e. The van der Waals surface area contributed by atoms with E-state index >= 15 is 0 Å². The summed E-state index contributed by atoms with van der Waals surface area (Å²) in [5, 5.41) is 3.81. The minimum atomic E-state index is -4.05. The molecule has 0 saturated heterocycles. The molecule has 0 spiro atoms. The van der Waals surface area contributed by atoms with E-state index in [1.807, 2.05) is 0 Å². The molecule has 0 aliphatic rings. The predicted octanol–water partition coefficient (Wildman–Crippen LogP) is 1.50. The molecule has 96 valence electrons. The third kappa shape index (κ3) is 2.65. The summed E-state index contributed by atoms with van der Waals surface area (Å²) in [6.07, 6.45) is 1.53. The summed E-state index contributed by atoms with van der Waals surface area (Å²) in [6, 6.07) is 3.48. The van der Waals surface area contributed by atoms with Crippen LogP contribution < -0.4 is 4.72 Å².